The monoisotopic (exact) mass is 567 g/mol. The standard InChI is InChI=1S/C32H33N5O5/c1-32(2,3)42-31(40)35-27-12-11-20(16-33-27)18-37-28-23(13-22(30(38)39)15-26(28)41-4)34-29(37)25-14-21-7-5-6-8-24(21)36(25)17-19-9-10-19/h5-8,11-16,19H,9-10,17-18H2,1-4H3,(H,38,39)(H,33,35,40). The molecular weight excluding hydrogens is 534 g/mol. The van der Waals surface area contributed by atoms with Gasteiger partial charge in [0.1, 0.15) is 22.7 Å². The van der Waals surface area contributed by atoms with E-state index in [1.54, 1.807) is 39.1 Å². The van der Waals surface area contributed by atoms with Gasteiger partial charge in [-0.3, -0.25) is 5.32 Å². The highest BCUT2D eigenvalue weighted by molar-refractivity contribution is 5.97. The molecule has 10 heteroatoms. The molecule has 6 rings (SSSR count). The number of carbonyl (C=O) groups excluding carboxylic acids is 1. The molecule has 1 fully saturated rings. The lowest BCUT2D eigenvalue weighted by atomic mass is 10.1. The highest BCUT2D eigenvalue weighted by atomic mass is 16.6. The highest BCUT2D eigenvalue weighted by Crippen LogP contribution is 2.38. The number of hydrogen-bond donors (Lipinski definition) is 2. The number of methoxy groups -OCH3 is 1. The van der Waals surface area contributed by atoms with Gasteiger partial charge in [-0.2, -0.15) is 0 Å². The van der Waals surface area contributed by atoms with Gasteiger partial charge in [-0.15, -0.1) is 0 Å². The Labute approximate surface area is 242 Å². The molecule has 1 saturated carbocycles. The van der Waals surface area contributed by atoms with Crippen LogP contribution in [0.1, 0.15) is 49.5 Å². The van der Waals surface area contributed by atoms with Crippen LogP contribution in [0.25, 0.3) is 33.5 Å². The van der Waals surface area contributed by atoms with Crippen molar-refractivity contribution in [2.24, 2.45) is 5.92 Å². The lowest BCUT2D eigenvalue weighted by molar-refractivity contribution is 0.0633. The maximum Gasteiger partial charge on any atom is 0.413 e. The van der Waals surface area contributed by atoms with Crippen molar-refractivity contribution in [2.45, 2.75) is 52.3 Å². The van der Waals surface area contributed by atoms with Crippen LogP contribution in [0, 0.1) is 5.92 Å². The van der Waals surface area contributed by atoms with Gasteiger partial charge in [0.2, 0.25) is 0 Å². The molecular formula is C32H33N5O5. The molecule has 1 aliphatic rings. The van der Waals surface area contributed by atoms with Gasteiger partial charge in [-0.05, 0) is 75.4 Å². The second kappa shape index (κ2) is 10.5. The summed E-state index contributed by atoms with van der Waals surface area (Å²) in [5.41, 5.74) is 3.65. The second-order valence-electron chi connectivity index (χ2n) is 11.7. The Bertz CT molecular complexity index is 1810. The van der Waals surface area contributed by atoms with Gasteiger partial charge in [0.15, 0.2) is 5.82 Å². The molecule has 3 heterocycles. The first kappa shape index (κ1) is 27.3. The van der Waals surface area contributed by atoms with Crippen LogP contribution in [-0.2, 0) is 17.8 Å². The number of aromatic carboxylic acids is 1. The summed E-state index contributed by atoms with van der Waals surface area (Å²) in [7, 11) is 1.53. The summed E-state index contributed by atoms with van der Waals surface area (Å²) >= 11 is 0. The molecule has 0 saturated heterocycles. The lowest BCUT2D eigenvalue weighted by Crippen LogP contribution is -2.27. The number of ether oxygens (including phenoxy) is 2. The van der Waals surface area contributed by atoms with E-state index in [1.165, 1.54) is 26.0 Å². The molecule has 216 valence electrons. The van der Waals surface area contributed by atoms with E-state index in [1.807, 2.05) is 18.2 Å². The number of pyridine rings is 1. The number of nitrogens with zero attached hydrogens (tertiary/aromatic N) is 4. The predicted octanol–water partition coefficient (Wildman–Crippen LogP) is 6.57. The number of nitrogens with one attached hydrogen (secondary N) is 1. The molecule has 0 bridgehead atoms. The van der Waals surface area contributed by atoms with Crippen molar-refractivity contribution in [3.05, 3.63) is 71.9 Å². The average Bonchev–Trinajstić information content (AvgIpc) is 3.59. The molecule has 0 atom stereocenters. The quantitative estimate of drug-likeness (QED) is 0.218. The van der Waals surface area contributed by atoms with Crippen molar-refractivity contribution in [1.29, 1.82) is 0 Å². The highest BCUT2D eigenvalue weighted by Gasteiger charge is 2.27. The third-order valence-electron chi connectivity index (χ3n) is 7.25. The van der Waals surface area contributed by atoms with Gasteiger partial charge in [0, 0.05) is 23.6 Å². The molecule has 5 aromatic rings. The van der Waals surface area contributed by atoms with Crippen LogP contribution < -0.4 is 10.1 Å². The summed E-state index contributed by atoms with van der Waals surface area (Å²) in [5.74, 6) is 1.08. The summed E-state index contributed by atoms with van der Waals surface area (Å²) in [6.07, 6.45) is 3.52. The molecule has 0 spiro atoms. The maximum atomic E-state index is 12.2. The van der Waals surface area contributed by atoms with E-state index in [-0.39, 0.29) is 5.56 Å². The van der Waals surface area contributed by atoms with E-state index >= 15 is 0 Å². The fraction of sp³-hybridized carbons (Fsp3) is 0.312. The summed E-state index contributed by atoms with van der Waals surface area (Å²) < 4.78 is 15.4. The third kappa shape index (κ3) is 5.52. The molecule has 0 unspecified atom stereocenters. The normalized spacial score (nSPS) is 13.4. The molecule has 3 aromatic heterocycles. The zero-order valence-electron chi connectivity index (χ0n) is 24.0. The lowest BCUT2D eigenvalue weighted by Gasteiger charge is -2.19. The van der Waals surface area contributed by atoms with Gasteiger partial charge in [0.25, 0.3) is 0 Å². The van der Waals surface area contributed by atoms with Crippen molar-refractivity contribution in [3.8, 4) is 17.3 Å². The summed E-state index contributed by atoms with van der Waals surface area (Å²) in [4.78, 5) is 33.6. The van der Waals surface area contributed by atoms with Crippen LogP contribution in [0.3, 0.4) is 0 Å². The van der Waals surface area contributed by atoms with E-state index < -0.39 is 17.7 Å². The number of carboxylic acid groups (broad SMARTS) is 1. The van der Waals surface area contributed by atoms with E-state index in [0.29, 0.717) is 40.9 Å². The number of para-hydroxylation sites is 1. The van der Waals surface area contributed by atoms with Crippen LogP contribution >= 0.6 is 0 Å². The van der Waals surface area contributed by atoms with Crippen molar-refractivity contribution < 1.29 is 24.2 Å². The van der Waals surface area contributed by atoms with E-state index in [4.69, 9.17) is 14.5 Å². The first-order valence-electron chi connectivity index (χ1n) is 13.9. The van der Waals surface area contributed by atoms with Gasteiger partial charge < -0.3 is 23.7 Å². The number of carboxylic acids is 1. The summed E-state index contributed by atoms with van der Waals surface area (Å²) in [6, 6.07) is 17.1. The van der Waals surface area contributed by atoms with Crippen LogP contribution in [0.4, 0.5) is 10.6 Å². The molecule has 0 aliphatic heterocycles. The average molecular weight is 568 g/mol. The van der Waals surface area contributed by atoms with Gasteiger partial charge >= 0.3 is 12.1 Å². The Morgan fingerprint density at radius 2 is 1.86 bits per heavy atom. The predicted molar refractivity (Wildman–Crippen MR) is 160 cm³/mol. The first-order chi connectivity index (χ1) is 20.1. The van der Waals surface area contributed by atoms with E-state index in [0.717, 1.165) is 28.7 Å². The zero-order chi connectivity index (χ0) is 29.6. The third-order valence-corrected chi connectivity index (χ3v) is 7.25. The number of rotatable bonds is 8. The van der Waals surface area contributed by atoms with Crippen molar-refractivity contribution in [3.63, 3.8) is 0 Å². The number of amides is 1. The van der Waals surface area contributed by atoms with E-state index in [9.17, 15) is 14.7 Å². The fourth-order valence-corrected chi connectivity index (χ4v) is 5.19. The minimum Gasteiger partial charge on any atom is -0.494 e. The van der Waals surface area contributed by atoms with Crippen LogP contribution in [0.15, 0.2) is 60.8 Å². The second-order valence-corrected chi connectivity index (χ2v) is 11.7. The number of imidazole rings is 1. The minimum atomic E-state index is -1.05. The van der Waals surface area contributed by atoms with E-state index in [2.05, 4.69) is 37.6 Å². The summed E-state index contributed by atoms with van der Waals surface area (Å²) in [5, 5.41) is 13.5. The fourth-order valence-electron chi connectivity index (χ4n) is 5.19. The van der Waals surface area contributed by atoms with Crippen molar-refractivity contribution in [1.82, 2.24) is 19.1 Å². The van der Waals surface area contributed by atoms with Gasteiger partial charge in [0.05, 0.1) is 30.4 Å². The van der Waals surface area contributed by atoms with Crippen LogP contribution in [0.2, 0.25) is 0 Å². The molecule has 10 nitrogen and oxygen atoms in total. The minimum absolute atomic E-state index is 0.105. The Hall–Kier alpha value is -4.86. The number of fused-ring (bicyclic) bond motifs is 2. The Morgan fingerprint density at radius 1 is 1.07 bits per heavy atom. The molecule has 1 aliphatic carbocycles. The smallest absolute Gasteiger partial charge is 0.413 e. The number of benzene rings is 2. The molecule has 1 amide bonds. The van der Waals surface area contributed by atoms with Gasteiger partial charge in [-0.1, -0.05) is 24.3 Å². The first-order valence-corrected chi connectivity index (χ1v) is 13.9. The summed E-state index contributed by atoms with van der Waals surface area (Å²) in [6.45, 7) is 6.67. The number of carbonyl (C=O) groups is 2. The number of aromatic nitrogens is 4. The Kier molecular flexibility index (Phi) is 6.84. The van der Waals surface area contributed by atoms with Crippen LogP contribution in [-0.4, -0.2) is 49.0 Å². The van der Waals surface area contributed by atoms with Crippen molar-refractivity contribution in [2.75, 3.05) is 12.4 Å². The van der Waals surface area contributed by atoms with Gasteiger partial charge in [-0.25, -0.2) is 19.6 Å². The van der Waals surface area contributed by atoms with Crippen LogP contribution in [0.5, 0.6) is 5.75 Å². The molecule has 0 radical (unpaired) electrons. The molecule has 2 aromatic carbocycles. The van der Waals surface area contributed by atoms with Crippen molar-refractivity contribution >= 4 is 39.8 Å². The zero-order valence-corrected chi connectivity index (χ0v) is 24.0. The number of anilines is 1. The Balaban J connectivity index is 1.46. The largest absolute Gasteiger partial charge is 0.494 e. The SMILES string of the molecule is COc1cc(C(=O)O)cc2nc(-c3cc4ccccc4n3CC3CC3)n(Cc3ccc(NC(=O)OC(C)(C)C)nc3)c12. The Morgan fingerprint density at radius 3 is 2.52 bits per heavy atom. The molecule has 42 heavy (non-hydrogen) atoms. The molecule has 2 N–H and O–H groups in total. The number of hydrogen-bond acceptors (Lipinski definition) is 6. The topological polar surface area (TPSA) is 120 Å². The maximum absolute atomic E-state index is 12.2.